The number of aliphatic hydroxyl groups excluding tert-OH is 1. The molecule has 1 atom stereocenters. The second-order valence-corrected chi connectivity index (χ2v) is 4.42. The molecule has 0 aliphatic carbocycles. The average Bonchev–Trinajstić information content (AvgIpc) is 2.76. The van der Waals surface area contributed by atoms with Gasteiger partial charge in [-0.2, -0.15) is 0 Å². The highest BCUT2D eigenvalue weighted by molar-refractivity contribution is 5.93. The van der Waals surface area contributed by atoms with Crippen LogP contribution in [0.25, 0.3) is 0 Å². The smallest absolute Gasteiger partial charge is 0.274 e. The van der Waals surface area contributed by atoms with Gasteiger partial charge in [-0.05, 0) is 26.7 Å². The summed E-state index contributed by atoms with van der Waals surface area (Å²) in [5.41, 5.74) is 1.86. The number of nitrogens with zero attached hydrogens (tertiary/aromatic N) is 3. The van der Waals surface area contributed by atoms with Crippen molar-refractivity contribution in [3.05, 3.63) is 23.3 Å². The number of aliphatic hydroxyl groups is 1. The number of amides is 1. The van der Waals surface area contributed by atoms with E-state index in [1.54, 1.807) is 18.0 Å². The Morgan fingerprint density at radius 3 is 3.00 bits per heavy atom. The molecule has 0 spiro atoms. The predicted molar refractivity (Wildman–Crippen MR) is 62.7 cm³/mol. The molecular formula is C12H17N3O2. The van der Waals surface area contributed by atoms with Crippen molar-refractivity contribution in [2.45, 2.75) is 32.7 Å². The molecule has 1 aliphatic heterocycles. The Morgan fingerprint density at radius 2 is 2.35 bits per heavy atom. The summed E-state index contributed by atoms with van der Waals surface area (Å²) >= 11 is 0. The standard InChI is InChI=1S/C12H17N3O2/c1-8-6-13-11(9(2)14-8)12(17)15-5-3-4-10(15)7-16/h6,10,16H,3-5,7H2,1-2H3. The summed E-state index contributed by atoms with van der Waals surface area (Å²) in [6.07, 6.45) is 3.40. The Hall–Kier alpha value is -1.49. The van der Waals surface area contributed by atoms with E-state index in [1.165, 1.54) is 0 Å². The van der Waals surface area contributed by atoms with Crippen LogP contribution in [0.2, 0.25) is 0 Å². The highest BCUT2D eigenvalue weighted by Crippen LogP contribution is 2.19. The van der Waals surface area contributed by atoms with E-state index < -0.39 is 0 Å². The third-order valence-corrected chi connectivity index (χ3v) is 3.12. The van der Waals surface area contributed by atoms with Gasteiger partial charge in [0, 0.05) is 12.7 Å². The molecule has 92 valence electrons. The predicted octanol–water partition coefficient (Wildman–Crippen LogP) is 0.690. The molecule has 0 radical (unpaired) electrons. The van der Waals surface area contributed by atoms with Gasteiger partial charge in [0.25, 0.3) is 5.91 Å². The monoisotopic (exact) mass is 235 g/mol. The van der Waals surface area contributed by atoms with Crippen LogP contribution in [0.15, 0.2) is 6.20 Å². The Labute approximate surface area is 100 Å². The summed E-state index contributed by atoms with van der Waals surface area (Å²) in [5.74, 6) is -0.119. The Morgan fingerprint density at radius 1 is 1.59 bits per heavy atom. The lowest BCUT2D eigenvalue weighted by molar-refractivity contribution is 0.0670. The van der Waals surface area contributed by atoms with Gasteiger partial charge in [0.2, 0.25) is 0 Å². The van der Waals surface area contributed by atoms with Crippen LogP contribution in [0.5, 0.6) is 0 Å². The van der Waals surface area contributed by atoms with Crippen LogP contribution in [-0.4, -0.2) is 45.1 Å². The van der Waals surface area contributed by atoms with Crippen LogP contribution in [0.1, 0.15) is 34.7 Å². The SMILES string of the molecule is Cc1cnc(C(=O)N2CCCC2CO)c(C)n1. The van der Waals surface area contributed by atoms with Crippen molar-refractivity contribution >= 4 is 5.91 Å². The highest BCUT2D eigenvalue weighted by Gasteiger charge is 2.30. The van der Waals surface area contributed by atoms with Gasteiger partial charge in [-0.3, -0.25) is 9.78 Å². The molecule has 1 aromatic heterocycles. The van der Waals surface area contributed by atoms with E-state index in [9.17, 15) is 9.90 Å². The summed E-state index contributed by atoms with van der Waals surface area (Å²) in [6.45, 7) is 4.35. The zero-order chi connectivity index (χ0) is 12.4. The van der Waals surface area contributed by atoms with Crippen molar-refractivity contribution in [3.63, 3.8) is 0 Å². The Balaban J connectivity index is 2.24. The molecule has 2 rings (SSSR count). The minimum Gasteiger partial charge on any atom is -0.394 e. The average molecular weight is 235 g/mol. The van der Waals surface area contributed by atoms with Gasteiger partial charge in [-0.25, -0.2) is 4.98 Å². The molecule has 1 aliphatic rings. The second-order valence-electron chi connectivity index (χ2n) is 4.42. The Bertz CT molecular complexity index is 434. The van der Waals surface area contributed by atoms with Gasteiger partial charge in [0.1, 0.15) is 5.69 Å². The van der Waals surface area contributed by atoms with E-state index in [0.29, 0.717) is 17.9 Å². The van der Waals surface area contributed by atoms with E-state index in [1.807, 2.05) is 6.92 Å². The van der Waals surface area contributed by atoms with Crippen molar-refractivity contribution in [1.82, 2.24) is 14.9 Å². The molecule has 1 saturated heterocycles. The molecule has 5 nitrogen and oxygen atoms in total. The summed E-state index contributed by atoms with van der Waals surface area (Å²) in [6, 6.07) is -0.0648. The van der Waals surface area contributed by atoms with Crippen molar-refractivity contribution in [2.75, 3.05) is 13.2 Å². The van der Waals surface area contributed by atoms with Crippen LogP contribution >= 0.6 is 0 Å². The second kappa shape index (κ2) is 4.79. The summed E-state index contributed by atoms with van der Waals surface area (Å²) in [7, 11) is 0. The third kappa shape index (κ3) is 2.29. The zero-order valence-corrected chi connectivity index (χ0v) is 10.2. The number of hydrogen-bond donors (Lipinski definition) is 1. The molecule has 1 N–H and O–H groups in total. The maximum Gasteiger partial charge on any atom is 0.274 e. The molecule has 1 unspecified atom stereocenters. The van der Waals surface area contributed by atoms with Gasteiger partial charge >= 0.3 is 0 Å². The van der Waals surface area contributed by atoms with Crippen molar-refractivity contribution < 1.29 is 9.90 Å². The molecule has 1 amide bonds. The highest BCUT2D eigenvalue weighted by atomic mass is 16.3. The maximum absolute atomic E-state index is 12.3. The van der Waals surface area contributed by atoms with Crippen LogP contribution in [0, 0.1) is 13.8 Å². The van der Waals surface area contributed by atoms with Crippen LogP contribution in [0.3, 0.4) is 0 Å². The largest absolute Gasteiger partial charge is 0.394 e. The zero-order valence-electron chi connectivity index (χ0n) is 10.2. The fourth-order valence-electron chi connectivity index (χ4n) is 2.24. The lowest BCUT2D eigenvalue weighted by atomic mass is 10.2. The van der Waals surface area contributed by atoms with Crippen molar-refractivity contribution in [1.29, 1.82) is 0 Å². The number of carbonyl (C=O) groups is 1. The lowest BCUT2D eigenvalue weighted by Gasteiger charge is -2.22. The molecule has 1 fully saturated rings. The van der Waals surface area contributed by atoms with E-state index in [-0.39, 0.29) is 18.6 Å². The van der Waals surface area contributed by atoms with E-state index in [0.717, 1.165) is 18.5 Å². The fraction of sp³-hybridized carbons (Fsp3) is 0.583. The molecular weight excluding hydrogens is 218 g/mol. The van der Waals surface area contributed by atoms with Crippen molar-refractivity contribution in [2.24, 2.45) is 0 Å². The molecule has 1 aromatic rings. The first-order valence-corrected chi connectivity index (χ1v) is 5.85. The van der Waals surface area contributed by atoms with Crippen LogP contribution < -0.4 is 0 Å². The van der Waals surface area contributed by atoms with E-state index in [2.05, 4.69) is 9.97 Å². The molecule has 0 aromatic carbocycles. The summed E-state index contributed by atoms with van der Waals surface area (Å²) < 4.78 is 0. The Kier molecular flexibility index (Phi) is 3.38. The lowest BCUT2D eigenvalue weighted by Crippen LogP contribution is -2.38. The number of hydrogen-bond acceptors (Lipinski definition) is 4. The first-order chi connectivity index (χ1) is 8.13. The summed E-state index contributed by atoms with van der Waals surface area (Å²) in [5, 5.41) is 9.22. The number of rotatable bonds is 2. The molecule has 0 saturated carbocycles. The molecule has 17 heavy (non-hydrogen) atoms. The quantitative estimate of drug-likeness (QED) is 0.819. The number of likely N-dealkylation sites (tertiary alicyclic amines) is 1. The van der Waals surface area contributed by atoms with Gasteiger partial charge in [0.15, 0.2) is 0 Å². The molecule has 0 bridgehead atoms. The van der Waals surface area contributed by atoms with Crippen LogP contribution in [-0.2, 0) is 0 Å². The number of aromatic nitrogens is 2. The summed E-state index contributed by atoms with van der Waals surface area (Å²) in [4.78, 5) is 22.4. The van der Waals surface area contributed by atoms with E-state index in [4.69, 9.17) is 0 Å². The van der Waals surface area contributed by atoms with Gasteiger partial charge in [-0.15, -0.1) is 0 Å². The first kappa shape index (κ1) is 12.0. The molecule has 2 heterocycles. The van der Waals surface area contributed by atoms with Crippen molar-refractivity contribution in [3.8, 4) is 0 Å². The minimum absolute atomic E-state index is 0.0179. The minimum atomic E-state index is -0.119. The van der Waals surface area contributed by atoms with Gasteiger partial charge in [-0.1, -0.05) is 0 Å². The normalized spacial score (nSPS) is 19.7. The van der Waals surface area contributed by atoms with Crippen LogP contribution in [0.4, 0.5) is 0 Å². The molecule has 5 heteroatoms. The topological polar surface area (TPSA) is 66.3 Å². The maximum atomic E-state index is 12.3. The number of aryl methyl sites for hydroxylation is 2. The third-order valence-electron chi connectivity index (χ3n) is 3.12. The fourth-order valence-corrected chi connectivity index (χ4v) is 2.24. The first-order valence-electron chi connectivity index (χ1n) is 5.85. The van der Waals surface area contributed by atoms with Gasteiger partial charge < -0.3 is 10.0 Å². The number of carbonyl (C=O) groups excluding carboxylic acids is 1. The van der Waals surface area contributed by atoms with Gasteiger partial charge in [0.05, 0.1) is 24.0 Å². The van der Waals surface area contributed by atoms with E-state index >= 15 is 0 Å².